The van der Waals surface area contributed by atoms with Crippen molar-refractivity contribution in [2.45, 2.75) is 0 Å². The Morgan fingerprint density at radius 2 is 1.46 bits per heavy atom. The van der Waals surface area contributed by atoms with Gasteiger partial charge in [0, 0.05) is 5.22 Å². The maximum atomic E-state index is 14.8. The van der Waals surface area contributed by atoms with Crippen LogP contribution < -0.4 is 10.4 Å². The third-order valence-corrected chi connectivity index (χ3v) is 4.83. The van der Waals surface area contributed by atoms with Crippen molar-refractivity contribution in [3.05, 3.63) is 110 Å². The monoisotopic (exact) mass is 471 g/mol. The molecule has 0 amide bonds. The number of rotatable bonds is 2. The van der Waals surface area contributed by atoms with E-state index >= 15 is 0 Å². The molecule has 0 bridgehead atoms. The Morgan fingerprint density at radius 1 is 0.800 bits per heavy atom. The number of hydrogen-bond donors (Lipinski definition) is 0. The van der Waals surface area contributed by atoms with Gasteiger partial charge in [0.25, 0.3) is 11.4 Å². The first-order valence-corrected chi connectivity index (χ1v) is 9.23. The largest absolute Gasteiger partial charge is 0.268 e. The normalized spacial score (nSPS) is 11.8. The van der Waals surface area contributed by atoms with Crippen LogP contribution in [-0.2, 0) is 0 Å². The van der Waals surface area contributed by atoms with Crippen LogP contribution in [0.3, 0.4) is 0 Å². The average Bonchev–Trinajstić information content (AvgIpc) is 2.86. The van der Waals surface area contributed by atoms with Crippen LogP contribution in [0.1, 0.15) is 11.1 Å². The van der Waals surface area contributed by atoms with Crippen molar-refractivity contribution in [2.24, 2.45) is 0 Å². The van der Waals surface area contributed by atoms with E-state index < -0.39 is 51.6 Å². The average molecular weight is 471 g/mol. The van der Waals surface area contributed by atoms with Gasteiger partial charge >= 0.3 is 0 Å². The van der Waals surface area contributed by atoms with Gasteiger partial charge in [-0.2, -0.15) is 10.5 Å². The van der Waals surface area contributed by atoms with Crippen molar-refractivity contribution in [3.8, 4) is 29.3 Å². The van der Waals surface area contributed by atoms with Gasteiger partial charge in [0.2, 0.25) is 0 Å². The van der Waals surface area contributed by atoms with Crippen LogP contribution in [0.25, 0.3) is 32.1 Å². The van der Waals surface area contributed by atoms with E-state index in [0.717, 1.165) is 30.3 Å². The van der Waals surface area contributed by atoms with Gasteiger partial charge in [-0.05, 0) is 34.5 Å². The maximum Gasteiger partial charge on any atom is 0.268 e. The molecule has 0 aliphatic rings. The molecule has 0 fully saturated rings. The fourth-order valence-corrected chi connectivity index (χ4v) is 3.30. The molecular formula is C25H6F5N5. The van der Waals surface area contributed by atoms with E-state index in [1.165, 1.54) is 12.1 Å². The topological polar surface area (TPSA) is 80.1 Å². The highest BCUT2D eigenvalue weighted by molar-refractivity contribution is 5.83. The Balaban J connectivity index is 2.65. The van der Waals surface area contributed by atoms with Crippen molar-refractivity contribution in [3.63, 3.8) is 0 Å². The molecule has 3 aromatic carbocycles. The Morgan fingerprint density at radius 3 is 1.97 bits per heavy atom. The summed E-state index contributed by atoms with van der Waals surface area (Å²) >= 11 is 0. The van der Waals surface area contributed by atoms with Gasteiger partial charge in [-0.1, -0.05) is 18.2 Å². The second-order valence-electron chi connectivity index (χ2n) is 6.75. The molecule has 3 aromatic rings. The van der Waals surface area contributed by atoms with Crippen LogP contribution in [0.5, 0.6) is 0 Å². The summed E-state index contributed by atoms with van der Waals surface area (Å²) in [5, 5.41) is 27.7. The summed E-state index contributed by atoms with van der Waals surface area (Å²) in [4.78, 5) is 5.47. The molecule has 3 rings (SSSR count). The highest BCUT2D eigenvalue weighted by atomic mass is 19.2. The smallest absolute Gasteiger partial charge is 0.232 e. The number of nitriles is 3. The zero-order valence-electron chi connectivity index (χ0n) is 17.1. The predicted molar refractivity (Wildman–Crippen MR) is 112 cm³/mol. The molecule has 0 unspecified atom stereocenters. The predicted octanol–water partition coefficient (Wildman–Crippen LogP) is 4.75. The molecular weight excluding hydrogens is 465 g/mol. The summed E-state index contributed by atoms with van der Waals surface area (Å²) in [6.45, 7) is 13.9. The molecule has 0 saturated heterocycles. The second kappa shape index (κ2) is 9.55. The first-order chi connectivity index (χ1) is 16.7. The van der Waals surface area contributed by atoms with Gasteiger partial charge in [0.1, 0.15) is 11.9 Å². The summed E-state index contributed by atoms with van der Waals surface area (Å²) in [5.74, 6) is -8.90. The van der Waals surface area contributed by atoms with E-state index in [2.05, 4.69) is 9.69 Å². The van der Waals surface area contributed by atoms with E-state index in [1.54, 1.807) is 12.1 Å². The molecule has 5 nitrogen and oxygen atoms in total. The van der Waals surface area contributed by atoms with E-state index in [9.17, 15) is 37.7 Å². The van der Waals surface area contributed by atoms with Crippen LogP contribution in [0.15, 0.2) is 36.4 Å². The molecule has 0 aromatic heterocycles. The molecule has 0 radical (unpaired) electrons. The number of benzene rings is 3. The summed E-state index contributed by atoms with van der Waals surface area (Å²) in [7, 11) is 0. The van der Waals surface area contributed by atoms with E-state index in [1.807, 2.05) is 0 Å². The molecule has 0 aliphatic heterocycles. The van der Waals surface area contributed by atoms with Crippen LogP contribution in [0, 0.1) is 76.2 Å². The minimum absolute atomic E-state index is 0.0111. The van der Waals surface area contributed by atoms with Crippen molar-refractivity contribution < 1.29 is 22.0 Å². The van der Waals surface area contributed by atoms with Crippen molar-refractivity contribution in [1.82, 2.24) is 0 Å². The lowest BCUT2D eigenvalue weighted by molar-refractivity contribution is 0.457. The first kappa shape index (κ1) is 24.1. The number of halogens is 5. The third kappa shape index (κ3) is 4.14. The zero-order valence-corrected chi connectivity index (χ0v) is 17.1. The molecule has 35 heavy (non-hydrogen) atoms. The molecule has 0 spiro atoms. The quantitative estimate of drug-likeness (QED) is 0.308. The van der Waals surface area contributed by atoms with Crippen LogP contribution >= 0.6 is 0 Å². The lowest BCUT2D eigenvalue weighted by Crippen LogP contribution is -2.18. The van der Waals surface area contributed by atoms with Gasteiger partial charge < -0.3 is 0 Å². The van der Waals surface area contributed by atoms with Crippen molar-refractivity contribution >= 4 is 17.0 Å². The molecule has 0 aliphatic carbocycles. The Bertz CT molecular complexity index is 1710. The van der Waals surface area contributed by atoms with E-state index in [0.29, 0.717) is 0 Å². The van der Waals surface area contributed by atoms with Crippen LogP contribution in [0.4, 0.5) is 27.6 Å². The lowest BCUT2D eigenvalue weighted by Gasteiger charge is -2.11. The van der Waals surface area contributed by atoms with Gasteiger partial charge in [0.05, 0.1) is 42.0 Å². The standard InChI is InChI=1S/C25H6F5N5/c1-34-19(11-33)13-3-4-16(17(8-13)14-5-12(9-31)6-15(26)7-14)18(10-32)20-21(27)23(29)25(35-2)24(30)22(20)28/h3-8H/b18-16+,19-13+. The van der Waals surface area contributed by atoms with Crippen molar-refractivity contribution in [1.29, 1.82) is 15.8 Å². The van der Waals surface area contributed by atoms with Crippen LogP contribution in [-0.4, -0.2) is 0 Å². The molecule has 0 N–H and O–H groups in total. The summed E-state index contributed by atoms with van der Waals surface area (Å²) in [6.07, 6.45) is 0. The molecule has 0 atom stereocenters. The van der Waals surface area contributed by atoms with Gasteiger partial charge in [-0.15, -0.1) is 0 Å². The lowest BCUT2D eigenvalue weighted by atomic mass is 9.94. The Labute approximate surface area is 194 Å². The molecule has 0 saturated carbocycles. The Hall–Kier alpha value is -5.50. The molecule has 166 valence electrons. The van der Waals surface area contributed by atoms with E-state index in [4.69, 9.17) is 13.1 Å². The van der Waals surface area contributed by atoms with Gasteiger partial charge in [-0.25, -0.2) is 36.9 Å². The highest BCUT2D eigenvalue weighted by Crippen LogP contribution is 2.33. The number of nitrogens with zero attached hydrogens (tertiary/aromatic N) is 5. The number of hydrogen-bond acceptors (Lipinski definition) is 3. The van der Waals surface area contributed by atoms with Gasteiger partial charge in [0.15, 0.2) is 23.3 Å². The fraction of sp³-hybridized carbons (Fsp3) is 0. The second-order valence-corrected chi connectivity index (χ2v) is 6.75. The van der Waals surface area contributed by atoms with Crippen LogP contribution in [0.2, 0.25) is 0 Å². The van der Waals surface area contributed by atoms with E-state index in [-0.39, 0.29) is 27.1 Å². The van der Waals surface area contributed by atoms with Gasteiger partial charge in [-0.3, -0.25) is 0 Å². The SMILES string of the molecule is [C-]#[N+]/C(C#N)=c1\cc/c(=C(/C#N)c2c(F)c(F)c([N+]#[C-])c(F)c2F)c(-c2cc(F)cc(C#N)c2)c1. The molecule has 0 heterocycles. The maximum absolute atomic E-state index is 14.8. The Kier molecular flexibility index (Phi) is 6.59. The summed E-state index contributed by atoms with van der Waals surface area (Å²) in [6, 6.07) is 11.1. The summed E-state index contributed by atoms with van der Waals surface area (Å²) in [5.41, 5.74) is -4.70. The minimum atomic E-state index is -2.01. The minimum Gasteiger partial charge on any atom is -0.232 e. The highest BCUT2D eigenvalue weighted by Gasteiger charge is 2.28. The first-order valence-electron chi connectivity index (χ1n) is 9.23. The van der Waals surface area contributed by atoms with Crippen molar-refractivity contribution in [2.75, 3.05) is 0 Å². The zero-order chi connectivity index (χ0) is 25.9. The fourth-order valence-electron chi connectivity index (χ4n) is 3.30. The third-order valence-electron chi connectivity index (χ3n) is 4.83. The molecule has 10 heteroatoms. The summed E-state index contributed by atoms with van der Waals surface area (Å²) < 4.78 is 72.2.